The lowest BCUT2D eigenvalue weighted by Crippen LogP contribution is -1.99. The summed E-state index contributed by atoms with van der Waals surface area (Å²) in [4.78, 5) is 10.5. The monoisotopic (exact) mass is 289 g/mol. The van der Waals surface area contributed by atoms with Gasteiger partial charge in [-0.1, -0.05) is 40.2 Å². The number of aldehydes is 1. The first-order valence-corrected chi connectivity index (χ1v) is 6.11. The number of carbonyl (C=O) groups is 1. The van der Waals surface area contributed by atoms with Crippen LogP contribution in [0.3, 0.4) is 0 Å². The zero-order chi connectivity index (χ0) is 12.1. The van der Waals surface area contributed by atoms with E-state index in [9.17, 15) is 4.79 Å². The first-order chi connectivity index (χ1) is 8.28. The van der Waals surface area contributed by atoms with Crippen LogP contribution in [0.5, 0.6) is 0 Å². The molecule has 0 fully saturated rings. The van der Waals surface area contributed by atoms with Crippen LogP contribution in [0.2, 0.25) is 0 Å². The quantitative estimate of drug-likeness (QED) is 0.866. The molecule has 0 aliphatic carbocycles. The van der Waals surface area contributed by atoms with Gasteiger partial charge in [-0.05, 0) is 29.8 Å². The third-order valence-electron chi connectivity index (χ3n) is 2.46. The van der Waals surface area contributed by atoms with Crippen LogP contribution in [0.4, 0.5) is 5.69 Å². The van der Waals surface area contributed by atoms with Crippen molar-refractivity contribution in [2.45, 2.75) is 6.54 Å². The Balaban J connectivity index is 1.97. The third kappa shape index (κ3) is 3.43. The number of benzene rings is 2. The van der Waals surface area contributed by atoms with Crippen molar-refractivity contribution in [2.75, 3.05) is 5.32 Å². The Labute approximate surface area is 109 Å². The molecule has 0 saturated carbocycles. The first-order valence-electron chi connectivity index (χ1n) is 5.31. The SMILES string of the molecule is O=Cc1ccc(CNc2ccc(Br)cc2)cc1. The summed E-state index contributed by atoms with van der Waals surface area (Å²) in [5, 5.41) is 3.32. The van der Waals surface area contributed by atoms with Gasteiger partial charge in [-0.3, -0.25) is 4.79 Å². The number of halogens is 1. The Hall–Kier alpha value is -1.61. The van der Waals surface area contributed by atoms with Gasteiger partial charge in [0.05, 0.1) is 0 Å². The van der Waals surface area contributed by atoms with Crippen molar-refractivity contribution in [3.63, 3.8) is 0 Å². The fourth-order valence-corrected chi connectivity index (χ4v) is 1.75. The van der Waals surface area contributed by atoms with Crippen molar-refractivity contribution in [3.8, 4) is 0 Å². The molecule has 0 saturated heterocycles. The largest absolute Gasteiger partial charge is 0.381 e. The Bertz CT molecular complexity index is 491. The van der Waals surface area contributed by atoms with Crippen LogP contribution >= 0.6 is 15.9 Å². The van der Waals surface area contributed by atoms with Crippen molar-refractivity contribution in [1.82, 2.24) is 0 Å². The normalized spacial score (nSPS) is 9.94. The molecule has 0 amide bonds. The summed E-state index contributed by atoms with van der Waals surface area (Å²) in [7, 11) is 0. The molecule has 0 radical (unpaired) electrons. The molecule has 3 heteroatoms. The molecule has 0 bridgehead atoms. The second-order valence-electron chi connectivity index (χ2n) is 3.72. The zero-order valence-corrected chi connectivity index (χ0v) is 10.8. The van der Waals surface area contributed by atoms with Crippen molar-refractivity contribution in [2.24, 2.45) is 0 Å². The fourth-order valence-electron chi connectivity index (χ4n) is 1.49. The minimum atomic E-state index is 0.706. The second-order valence-corrected chi connectivity index (χ2v) is 4.64. The third-order valence-corrected chi connectivity index (χ3v) is 2.99. The van der Waals surface area contributed by atoms with Crippen LogP contribution in [0, 0.1) is 0 Å². The number of nitrogens with one attached hydrogen (secondary N) is 1. The lowest BCUT2D eigenvalue weighted by molar-refractivity contribution is 0.112. The number of rotatable bonds is 4. The van der Waals surface area contributed by atoms with Crippen LogP contribution in [0.25, 0.3) is 0 Å². The molecule has 0 spiro atoms. The molecule has 2 nitrogen and oxygen atoms in total. The van der Waals surface area contributed by atoms with E-state index in [1.165, 1.54) is 0 Å². The van der Waals surface area contributed by atoms with E-state index in [1.54, 1.807) is 0 Å². The summed E-state index contributed by atoms with van der Waals surface area (Å²) >= 11 is 3.40. The van der Waals surface area contributed by atoms with Crippen LogP contribution in [0.15, 0.2) is 53.0 Å². The average molecular weight is 290 g/mol. The van der Waals surface area contributed by atoms with Gasteiger partial charge in [-0.2, -0.15) is 0 Å². The van der Waals surface area contributed by atoms with Crippen molar-refractivity contribution < 1.29 is 4.79 Å². The van der Waals surface area contributed by atoms with Gasteiger partial charge in [0.15, 0.2) is 0 Å². The maximum Gasteiger partial charge on any atom is 0.150 e. The van der Waals surface area contributed by atoms with E-state index in [0.29, 0.717) is 5.56 Å². The predicted octanol–water partition coefficient (Wildman–Crippen LogP) is 3.87. The van der Waals surface area contributed by atoms with E-state index in [4.69, 9.17) is 0 Å². The van der Waals surface area contributed by atoms with Crippen molar-refractivity contribution in [3.05, 3.63) is 64.1 Å². The Morgan fingerprint density at radius 1 is 1.00 bits per heavy atom. The molecule has 0 atom stereocenters. The van der Waals surface area contributed by atoms with Crippen LogP contribution in [0.1, 0.15) is 15.9 Å². The summed E-state index contributed by atoms with van der Waals surface area (Å²) in [5.41, 5.74) is 2.93. The van der Waals surface area contributed by atoms with E-state index in [-0.39, 0.29) is 0 Å². The Morgan fingerprint density at radius 2 is 1.65 bits per heavy atom. The van der Waals surface area contributed by atoms with Crippen LogP contribution in [-0.4, -0.2) is 6.29 Å². The second kappa shape index (κ2) is 5.64. The van der Waals surface area contributed by atoms with Gasteiger partial charge >= 0.3 is 0 Å². The van der Waals surface area contributed by atoms with Crippen LogP contribution < -0.4 is 5.32 Å². The van der Waals surface area contributed by atoms with Gasteiger partial charge in [0.25, 0.3) is 0 Å². The van der Waals surface area contributed by atoms with E-state index in [1.807, 2.05) is 48.5 Å². The molecule has 1 N–H and O–H groups in total. The summed E-state index contributed by atoms with van der Waals surface area (Å²) in [6.45, 7) is 0.751. The summed E-state index contributed by atoms with van der Waals surface area (Å²) in [5.74, 6) is 0. The number of anilines is 1. The molecule has 0 aromatic heterocycles. The minimum absolute atomic E-state index is 0.706. The zero-order valence-electron chi connectivity index (χ0n) is 9.19. The standard InChI is InChI=1S/C14H12BrNO/c15-13-5-7-14(8-6-13)16-9-11-1-3-12(10-17)4-2-11/h1-8,10,16H,9H2. The first kappa shape index (κ1) is 11.9. The smallest absolute Gasteiger partial charge is 0.150 e. The lowest BCUT2D eigenvalue weighted by atomic mass is 10.1. The Kier molecular flexibility index (Phi) is 3.94. The molecule has 2 aromatic rings. The van der Waals surface area contributed by atoms with Gasteiger partial charge < -0.3 is 5.32 Å². The highest BCUT2D eigenvalue weighted by Crippen LogP contribution is 2.15. The number of hydrogen-bond donors (Lipinski definition) is 1. The predicted molar refractivity (Wildman–Crippen MR) is 73.3 cm³/mol. The van der Waals surface area contributed by atoms with E-state index < -0.39 is 0 Å². The van der Waals surface area contributed by atoms with Gasteiger partial charge in [0.1, 0.15) is 6.29 Å². The fraction of sp³-hybridized carbons (Fsp3) is 0.0714. The van der Waals surface area contributed by atoms with Gasteiger partial charge in [-0.15, -0.1) is 0 Å². The summed E-state index contributed by atoms with van der Waals surface area (Å²) < 4.78 is 1.07. The van der Waals surface area contributed by atoms with Gasteiger partial charge in [-0.25, -0.2) is 0 Å². The molecular formula is C14H12BrNO. The maximum absolute atomic E-state index is 10.5. The average Bonchev–Trinajstić information content (AvgIpc) is 2.39. The van der Waals surface area contributed by atoms with Gasteiger partial charge in [0.2, 0.25) is 0 Å². The molecule has 2 rings (SSSR count). The Morgan fingerprint density at radius 3 is 2.24 bits per heavy atom. The van der Waals surface area contributed by atoms with Crippen molar-refractivity contribution >= 4 is 27.9 Å². The molecule has 0 heterocycles. The van der Waals surface area contributed by atoms with Gasteiger partial charge in [0, 0.05) is 22.3 Å². The number of hydrogen-bond acceptors (Lipinski definition) is 2. The number of carbonyl (C=O) groups excluding carboxylic acids is 1. The molecule has 0 aliphatic rings. The lowest BCUT2D eigenvalue weighted by Gasteiger charge is -2.06. The summed E-state index contributed by atoms with van der Waals surface area (Å²) in [6, 6.07) is 15.6. The topological polar surface area (TPSA) is 29.1 Å². The van der Waals surface area contributed by atoms with Crippen LogP contribution in [-0.2, 0) is 6.54 Å². The maximum atomic E-state index is 10.5. The molecule has 2 aromatic carbocycles. The van der Waals surface area contributed by atoms with E-state index in [2.05, 4.69) is 21.2 Å². The summed E-state index contributed by atoms with van der Waals surface area (Å²) in [6.07, 6.45) is 0.853. The highest BCUT2D eigenvalue weighted by molar-refractivity contribution is 9.10. The highest BCUT2D eigenvalue weighted by atomic mass is 79.9. The molecule has 0 unspecified atom stereocenters. The minimum Gasteiger partial charge on any atom is -0.381 e. The molecular weight excluding hydrogens is 278 g/mol. The molecule has 86 valence electrons. The van der Waals surface area contributed by atoms with E-state index in [0.717, 1.165) is 28.6 Å². The molecule has 0 aliphatic heterocycles. The molecule has 17 heavy (non-hydrogen) atoms. The van der Waals surface area contributed by atoms with Crippen molar-refractivity contribution in [1.29, 1.82) is 0 Å². The highest BCUT2D eigenvalue weighted by Gasteiger charge is 1.95. The van der Waals surface area contributed by atoms with E-state index >= 15 is 0 Å².